The highest BCUT2D eigenvalue weighted by molar-refractivity contribution is 5.94. The molecule has 0 atom stereocenters. The van der Waals surface area contributed by atoms with Crippen molar-refractivity contribution in [2.45, 2.75) is 6.18 Å². The number of para-hydroxylation sites is 2. The van der Waals surface area contributed by atoms with Gasteiger partial charge in [-0.2, -0.15) is 13.2 Å². The van der Waals surface area contributed by atoms with Gasteiger partial charge in [-0.1, -0.05) is 12.1 Å². The summed E-state index contributed by atoms with van der Waals surface area (Å²) in [7, 11) is 0. The normalized spacial score (nSPS) is 14.9. The van der Waals surface area contributed by atoms with Crippen molar-refractivity contribution in [3.63, 3.8) is 0 Å². The molecule has 9 heteroatoms. The number of halogens is 3. The van der Waals surface area contributed by atoms with Crippen molar-refractivity contribution in [1.29, 1.82) is 0 Å². The Hall–Kier alpha value is -3.10. The van der Waals surface area contributed by atoms with Crippen LogP contribution in [0.5, 0.6) is 0 Å². The molecular weight excluding hydrogens is 363 g/mol. The van der Waals surface area contributed by atoms with E-state index in [4.69, 9.17) is 0 Å². The Labute approximate surface area is 153 Å². The highest BCUT2D eigenvalue weighted by atomic mass is 19.4. The quantitative estimate of drug-likeness (QED) is 0.604. The first-order valence-electron chi connectivity index (χ1n) is 8.22. The Morgan fingerprint density at radius 2 is 1.56 bits per heavy atom. The molecule has 27 heavy (non-hydrogen) atoms. The van der Waals surface area contributed by atoms with E-state index in [9.17, 15) is 28.1 Å². The van der Waals surface area contributed by atoms with Crippen LogP contribution in [-0.2, 0) is 6.18 Å². The molecule has 0 saturated carbocycles. The molecule has 1 heterocycles. The summed E-state index contributed by atoms with van der Waals surface area (Å²) in [4.78, 5) is 26.6. The van der Waals surface area contributed by atoms with Crippen LogP contribution in [-0.4, -0.2) is 41.9 Å². The van der Waals surface area contributed by atoms with Crippen LogP contribution in [0.4, 0.5) is 24.5 Å². The number of anilines is 1. The van der Waals surface area contributed by atoms with E-state index in [1.54, 1.807) is 18.2 Å². The van der Waals surface area contributed by atoms with E-state index in [1.165, 1.54) is 23.1 Å². The van der Waals surface area contributed by atoms with Crippen LogP contribution in [0, 0.1) is 10.1 Å². The van der Waals surface area contributed by atoms with Gasteiger partial charge in [0, 0.05) is 37.8 Å². The van der Waals surface area contributed by atoms with Gasteiger partial charge in [0.25, 0.3) is 11.6 Å². The first-order chi connectivity index (χ1) is 12.8. The molecule has 0 radical (unpaired) electrons. The second kappa shape index (κ2) is 7.26. The van der Waals surface area contributed by atoms with Gasteiger partial charge in [-0.25, -0.2) is 0 Å². The lowest BCUT2D eigenvalue weighted by atomic mass is 10.1. The zero-order chi connectivity index (χ0) is 19.6. The lowest BCUT2D eigenvalue weighted by molar-refractivity contribution is -0.384. The molecule has 0 bridgehead atoms. The number of nitro groups is 1. The number of benzene rings is 2. The second-order valence-corrected chi connectivity index (χ2v) is 6.10. The third-order valence-corrected chi connectivity index (χ3v) is 4.45. The maximum Gasteiger partial charge on any atom is 0.416 e. The molecular formula is C18H16F3N3O3. The van der Waals surface area contributed by atoms with Gasteiger partial charge in [0.15, 0.2) is 0 Å². The van der Waals surface area contributed by atoms with E-state index < -0.39 is 16.7 Å². The first kappa shape index (κ1) is 18.7. The van der Waals surface area contributed by atoms with Crippen molar-refractivity contribution in [3.05, 3.63) is 69.8 Å². The standard InChI is InChI=1S/C18H16F3N3O3/c19-18(20,21)14-7-5-13(6-8-14)17(25)23-11-9-22(10-12-23)15-3-1-2-4-16(15)24(26)27/h1-8H,9-12H2. The van der Waals surface area contributed by atoms with Crippen molar-refractivity contribution in [2.75, 3.05) is 31.1 Å². The minimum absolute atomic E-state index is 0.0000148. The summed E-state index contributed by atoms with van der Waals surface area (Å²) in [5.41, 5.74) is -0.133. The third-order valence-electron chi connectivity index (χ3n) is 4.45. The lowest BCUT2D eigenvalue weighted by Crippen LogP contribution is -2.49. The molecule has 0 N–H and O–H groups in total. The van der Waals surface area contributed by atoms with Gasteiger partial charge in [-0.05, 0) is 30.3 Å². The van der Waals surface area contributed by atoms with Crippen LogP contribution in [0.1, 0.15) is 15.9 Å². The molecule has 1 fully saturated rings. The van der Waals surface area contributed by atoms with Gasteiger partial charge < -0.3 is 9.80 Å². The Kier molecular flexibility index (Phi) is 5.02. The number of alkyl halides is 3. The van der Waals surface area contributed by atoms with E-state index >= 15 is 0 Å². The molecule has 2 aromatic carbocycles. The summed E-state index contributed by atoms with van der Waals surface area (Å²) in [6.07, 6.45) is -4.45. The molecule has 0 aliphatic carbocycles. The SMILES string of the molecule is O=C(c1ccc(C(F)(F)F)cc1)N1CCN(c2ccccc2[N+](=O)[O-])CC1. The summed E-state index contributed by atoms with van der Waals surface area (Å²) < 4.78 is 37.9. The van der Waals surface area contributed by atoms with E-state index in [-0.39, 0.29) is 17.2 Å². The second-order valence-electron chi connectivity index (χ2n) is 6.10. The molecule has 1 amide bonds. The highest BCUT2D eigenvalue weighted by Crippen LogP contribution is 2.30. The fourth-order valence-electron chi connectivity index (χ4n) is 3.02. The summed E-state index contributed by atoms with van der Waals surface area (Å²) in [6.45, 7) is 1.45. The van der Waals surface area contributed by atoms with Crippen molar-refractivity contribution in [2.24, 2.45) is 0 Å². The Balaban J connectivity index is 1.67. The number of carbonyl (C=O) groups excluding carboxylic acids is 1. The minimum Gasteiger partial charge on any atom is -0.362 e. The minimum atomic E-state index is -4.45. The average Bonchev–Trinajstić information content (AvgIpc) is 2.67. The fourth-order valence-corrected chi connectivity index (χ4v) is 3.02. The molecule has 0 spiro atoms. The molecule has 0 unspecified atom stereocenters. The molecule has 1 saturated heterocycles. The number of hydrogen-bond donors (Lipinski definition) is 0. The third kappa shape index (κ3) is 4.02. The highest BCUT2D eigenvalue weighted by Gasteiger charge is 2.31. The Morgan fingerprint density at radius 1 is 0.963 bits per heavy atom. The number of nitro benzene ring substituents is 1. The smallest absolute Gasteiger partial charge is 0.362 e. The van der Waals surface area contributed by atoms with Crippen LogP contribution in [0.2, 0.25) is 0 Å². The van der Waals surface area contributed by atoms with Gasteiger partial charge in [0.05, 0.1) is 10.5 Å². The zero-order valence-electron chi connectivity index (χ0n) is 14.1. The van der Waals surface area contributed by atoms with E-state index in [0.29, 0.717) is 31.9 Å². The van der Waals surface area contributed by atoms with Crippen LogP contribution in [0.15, 0.2) is 48.5 Å². The first-order valence-corrected chi connectivity index (χ1v) is 8.22. The van der Waals surface area contributed by atoms with Crippen LogP contribution >= 0.6 is 0 Å². The van der Waals surface area contributed by atoms with Crippen molar-refractivity contribution in [1.82, 2.24) is 4.90 Å². The van der Waals surface area contributed by atoms with Gasteiger partial charge in [0.2, 0.25) is 0 Å². The largest absolute Gasteiger partial charge is 0.416 e. The van der Waals surface area contributed by atoms with E-state index in [0.717, 1.165) is 12.1 Å². The number of hydrogen-bond acceptors (Lipinski definition) is 4. The molecule has 1 aliphatic rings. The topological polar surface area (TPSA) is 66.7 Å². The lowest BCUT2D eigenvalue weighted by Gasteiger charge is -2.35. The molecule has 1 aliphatic heterocycles. The number of rotatable bonds is 3. The van der Waals surface area contributed by atoms with Gasteiger partial charge >= 0.3 is 6.18 Å². The number of carbonyl (C=O) groups is 1. The monoisotopic (exact) mass is 379 g/mol. The Bertz CT molecular complexity index is 845. The number of amides is 1. The van der Waals surface area contributed by atoms with Crippen molar-refractivity contribution in [3.8, 4) is 0 Å². The zero-order valence-corrected chi connectivity index (χ0v) is 14.1. The summed E-state index contributed by atoms with van der Waals surface area (Å²) in [6, 6.07) is 10.5. The molecule has 6 nitrogen and oxygen atoms in total. The predicted molar refractivity (Wildman–Crippen MR) is 92.7 cm³/mol. The molecule has 0 aromatic heterocycles. The number of nitrogens with zero attached hydrogens (tertiary/aromatic N) is 3. The van der Waals surface area contributed by atoms with Crippen LogP contribution < -0.4 is 4.90 Å². The van der Waals surface area contributed by atoms with E-state index in [1.807, 2.05) is 4.90 Å². The summed E-state index contributed by atoms with van der Waals surface area (Å²) in [5.74, 6) is -0.356. The van der Waals surface area contributed by atoms with Gasteiger partial charge in [-0.15, -0.1) is 0 Å². The van der Waals surface area contributed by atoms with E-state index in [2.05, 4.69) is 0 Å². The molecule has 142 valence electrons. The Morgan fingerprint density at radius 3 is 2.11 bits per heavy atom. The molecule has 3 rings (SSSR count). The van der Waals surface area contributed by atoms with Crippen molar-refractivity contribution >= 4 is 17.3 Å². The van der Waals surface area contributed by atoms with Gasteiger partial charge in [-0.3, -0.25) is 14.9 Å². The van der Waals surface area contributed by atoms with Crippen LogP contribution in [0.25, 0.3) is 0 Å². The molecule has 2 aromatic rings. The van der Waals surface area contributed by atoms with Crippen molar-refractivity contribution < 1.29 is 22.9 Å². The average molecular weight is 379 g/mol. The van der Waals surface area contributed by atoms with Crippen LogP contribution in [0.3, 0.4) is 0 Å². The summed E-state index contributed by atoms with van der Waals surface area (Å²) in [5, 5.41) is 11.2. The maximum absolute atomic E-state index is 12.6. The van der Waals surface area contributed by atoms with Gasteiger partial charge in [0.1, 0.15) is 5.69 Å². The fraction of sp³-hybridized carbons (Fsp3) is 0.278. The number of piperazine rings is 1. The maximum atomic E-state index is 12.6. The summed E-state index contributed by atoms with van der Waals surface area (Å²) >= 11 is 0. The predicted octanol–water partition coefficient (Wildman–Crippen LogP) is 3.58.